The second kappa shape index (κ2) is 9.03. The highest BCUT2D eigenvalue weighted by Crippen LogP contribution is 2.19. The normalized spacial score (nSPS) is 11.0. The van der Waals surface area contributed by atoms with Crippen LogP contribution in [0.2, 0.25) is 0 Å². The van der Waals surface area contributed by atoms with Crippen molar-refractivity contribution in [1.82, 2.24) is 10.3 Å². The van der Waals surface area contributed by atoms with Crippen molar-refractivity contribution in [2.75, 3.05) is 26.5 Å². The molecule has 0 unspecified atom stereocenters. The largest absolute Gasteiger partial charge is 0.495 e. The summed E-state index contributed by atoms with van der Waals surface area (Å²) in [6.07, 6.45) is 2.52. The molecule has 20 heavy (non-hydrogen) atoms. The number of pyridine rings is 1. The van der Waals surface area contributed by atoms with Gasteiger partial charge in [0.1, 0.15) is 5.75 Å². The quantitative estimate of drug-likeness (QED) is 0.321. The summed E-state index contributed by atoms with van der Waals surface area (Å²) in [6, 6.07) is 3.69. The van der Waals surface area contributed by atoms with E-state index >= 15 is 0 Å². The molecule has 0 aliphatic rings. The van der Waals surface area contributed by atoms with Gasteiger partial charge in [-0.1, -0.05) is 0 Å². The molecular formula is C12H17N3O4S. The zero-order valence-electron chi connectivity index (χ0n) is 11.4. The average Bonchev–Trinajstić information content (AvgIpc) is 2.45. The van der Waals surface area contributed by atoms with Gasteiger partial charge in [-0.05, 0) is 12.1 Å². The lowest BCUT2D eigenvalue weighted by Gasteiger charge is -2.08. The Hall–Kier alpha value is -1.96. The van der Waals surface area contributed by atoms with E-state index in [4.69, 9.17) is 9.47 Å². The molecule has 0 amide bonds. The number of nitrogens with zero attached hydrogens (tertiary/aromatic N) is 2. The van der Waals surface area contributed by atoms with Gasteiger partial charge in [0, 0.05) is 24.2 Å². The zero-order chi connectivity index (χ0) is 14.8. The van der Waals surface area contributed by atoms with Gasteiger partial charge in [0.15, 0.2) is 0 Å². The molecule has 1 heterocycles. The lowest BCUT2D eigenvalue weighted by atomic mass is 10.3. The number of hydrogen-bond donors (Lipinski definition) is 1. The molecule has 0 radical (unpaired) electrons. The summed E-state index contributed by atoms with van der Waals surface area (Å²) in [5, 5.41) is 13.1. The predicted molar refractivity (Wildman–Crippen MR) is 77.0 cm³/mol. The molecule has 0 fully saturated rings. The summed E-state index contributed by atoms with van der Waals surface area (Å²) in [4.78, 5) is 14.0. The van der Waals surface area contributed by atoms with E-state index in [0.29, 0.717) is 12.3 Å². The first-order valence-electron chi connectivity index (χ1n) is 5.86. The van der Waals surface area contributed by atoms with E-state index in [1.165, 1.54) is 7.11 Å². The molecule has 1 aromatic heterocycles. The summed E-state index contributed by atoms with van der Waals surface area (Å²) in [7, 11) is 2.99. The Balaban J connectivity index is 2.30. The molecule has 8 heteroatoms. The second-order valence-electron chi connectivity index (χ2n) is 3.61. The summed E-state index contributed by atoms with van der Waals surface area (Å²) in [5.74, 6) is 2.38. The van der Waals surface area contributed by atoms with Crippen molar-refractivity contribution in [2.24, 2.45) is 0 Å². The highest BCUT2D eigenvalue weighted by molar-refractivity contribution is 7.98. The van der Waals surface area contributed by atoms with Gasteiger partial charge in [0.25, 0.3) is 12.1 Å². The third-order valence-electron chi connectivity index (χ3n) is 2.30. The van der Waals surface area contributed by atoms with Crippen LogP contribution in [0.3, 0.4) is 0 Å². The second-order valence-corrected chi connectivity index (χ2v) is 4.72. The molecule has 0 bridgehead atoms. The Kier molecular flexibility index (Phi) is 7.26. The van der Waals surface area contributed by atoms with Crippen LogP contribution < -0.4 is 10.1 Å². The minimum Gasteiger partial charge on any atom is -0.495 e. The first kappa shape index (κ1) is 16.1. The summed E-state index contributed by atoms with van der Waals surface area (Å²) >= 11 is 1.65. The summed E-state index contributed by atoms with van der Waals surface area (Å²) in [5.41, 5.74) is 0.882. The molecule has 110 valence electrons. The minimum atomic E-state index is -0.558. The van der Waals surface area contributed by atoms with Crippen LogP contribution in [0.5, 0.6) is 5.75 Å². The molecule has 0 saturated carbocycles. The topological polar surface area (TPSA) is 86.5 Å². The van der Waals surface area contributed by atoms with Gasteiger partial charge in [-0.2, -0.15) is 11.8 Å². The zero-order valence-corrected chi connectivity index (χ0v) is 12.2. The highest BCUT2D eigenvalue weighted by atomic mass is 32.2. The van der Waals surface area contributed by atoms with Gasteiger partial charge in [0.2, 0.25) is 0 Å². The average molecular weight is 299 g/mol. The van der Waals surface area contributed by atoms with Crippen molar-refractivity contribution < 1.29 is 14.4 Å². The molecule has 1 N–H and O–H groups in total. The standard InChI is InChI=1S/C12H17N3O4S/c1-18-11-4-3-5-13-10(11)9-20-7-6-14-12(19-2)8-15(16)17/h3-5,8,14H,6-7,9H2,1-2H3. The lowest BCUT2D eigenvalue weighted by molar-refractivity contribution is -0.405. The van der Waals surface area contributed by atoms with Gasteiger partial charge in [0.05, 0.1) is 24.8 Å². The van der Waals surface area contributed by atoms with Gasteiger partial charge in [-0.25, -0.2) is 0 Å². The number of rotatable bonds is 9. The van der Waals surface area contributed by atoms with Crippen molar-refractivity contribution >= 4 is 11.8 Å². The number of nitro groups is 1. The Morgan fingerprint density at radius 1 is 1.60 bits per heavy atom. The number of aromatic nitrogens is 1. The van der Waals surface area contributed by atoms with Gasteiger partial charge in [-0.3, -0.25) is 15.1 Å². The van der Waals surface area contributed by atoms with Crippen LogP contribution >= 0.6 is 11.8 Å². The predicted octanol–water partition coefficient (Wildman–Crippen LogP) is 1.64. The molecule has 0 atom stereocenters. The Morgan fingerprint density at radius 3 is 3.05 bits per heavy atom. The first-order valence-corrected chi connectivity index (χ1v) is 7.01. The summed E-state index contributed by atoms with van der Waals surface area (Å²) < 4.78 is 10.0. The Morgan fingerprint density at radius 2 is 2.40 bits per heavy atom. The van der Waals surface area contributed by atoms with E-state index in [0.717, 1.165) is 23.4 Å². The van der Waals surface area contributed by atoms with Crippen LogP contribution in [0.25, 0.3) is 0 Å². The number of methoxy groups -OCH3 is 2. The van der Waals surface area contributed by atoms with Crippen LogP contribution in [-0.2, 0) is 10.5 Å². The fraction of sp³-hybridized carbons (Fsp3) is 0.417. The van der Waals surface area contributed by atoms with Crippen LogP contribution in [0.1, 0.15) is 5.69 Å². The van der Waals surface area contributed by atoms with Crippen LogP contribution in [0.4, 0.5) is 0 Å². The monoisotopic (exact) mass is 299 g/mol. The van der Waals surface area contributed by atoms with Crippen molar-refractivity contribution in [1.29, 1.82) is 0 Å². The number of ether oxygens (including phenoxy) is 2. The smallest absolute Gasteiger partial charge is 0.293 e. The molecular weight excluding hydrogens is 282 g/mol. The number of nitrogens with one attached hydrogen (secondary N) is 1. The van der Waals surface area contributed by atoms with Crippen molar-refractivity contribution in [2.45, 2.75) is 5.75 Å². The van der Waals surface area contributed by atoms with Crippen LogP contribution in [0, 0.1) is 10.1 Å². The maximum Gasteiger partial charge on any atom is 0.293 e. The molecule has 0 aliphatic heterocycles. The molecule has 7 nitrogen and oxygen atoms in total. The maximum absolute atomic E-state index is 10.3. The van der Waals surface area contributed by atoms with Crippen LogP contribution in [-0.4, -0.2) is 36.4 Å². The molecule has 0 aliphatic carbocycles. The molecule has 1 aromatic rings. The molecule has 1 rings (SSSR count). The SMILES string of the molecule is COC(=C[N+](=O)[O-])NCCSCc1ncccc1OC. The maximum atomic E-state index is 10.3. The Labute approximate surface area is 121 Å². The highest BCUT2D eigenvalue weighted by Gasteiger charge is 2.04. The number of thioether (sulfide) groups is 1. The van der Waals surface area contributed by atoms with Crippen molar-refractivity contribution in [3.05, 3.63) is 46.2 Å². The van der Waals surface area contributed by atoms with E-state index in [1.807, 2.05) is 12.1 Å². The molecule has 0 saturated heterocycles. The van der Waals surface area contributed by atoms with E-state index in [9.17, 15) is 10.1 Å². The van der Waals surface area contributed by atoms with E-state index in [2.05, 4.69) is 10.3 Å². The lowest BCUT2D eigenvalue weighted by Crippen LogP contribution is -2.19. The third-order valence-corrected chi connectivity index (χ3v) is 3.27. The van der Waals surface area contributed by atoms with Crippen molar-refractivity contribution in [3.63, 3.8) is 0 Å². The van der Waals surface area contributed by atoms with Gasteiger partial charge in [-0.15, -0.1) is 0 Å². The molecule has 0 aromatic carbocycles. The van der Waals surface area contributed by atoms with Crippen molar-refractivity contribution in [3.8, 4) is 5.75 Å². The minimum absolute atomic E-state index is 0.144. The summed E-state index contributed by atoms with van der Waals surface area (Å²) in [6.45, 7) is 0.563. The fourth-order valence-electron chi connectivity index (χ4n) is 1.40. The third kappa shape index (κ3) is 5.79. The fourth-order valence-corrected chi connectivity index (χ4v) is 2.20. The van der Waals surface area contributed by atoms with E-state index < -0.39 is 4.92 Å². The van der Waals surface area contributed by atoms with E-state index in [1.54, 1.807) is 25.1 Å². The number of hydrogen-bond acceptors (Lipinski definition) is 7. The van der Waals surface area contributed by atoms with E-state index in [-0.39, 0.29) is 5.88 Å². The van der Waals surface area contributed by atoms with Crippen LogP contribution in [0.15, 0.2) is 30.4 Å². The Bertz CT molecular complexity index is 468. The molecule has 0 spiro atoms. The van der Waals surface area contributed by atoms with Gasteiger partial charge < -0.3 is 14.8 Å². The first-order chi connectivity index (χ1) is 9.67. The van der Waals surface area contributed by atoms with Gasteiger partial charge >= 0.3 is 0 Å².